The van der Waals surface area contributed by atoms with Crippen LogP contribution < -0.4 is 10.5 Å². The van der Waals surface area contributed by atoms with Crippen molar-refractivity contribution >= 4 is 33.7 Å². The molecule has 0 radical (unpaired) electrons. The van der Waals surface area contributed by atoms with Crippen molar-refractivity contribution < 1.29 is 14.3 Å². The van der Waals surface area contributed by atoms with Gasteiger partial charge in [0.2, 0.25) is 0 Å². The van der Waals surface area contributed by atoms with E-state index in [2.05, 4.69) is 9.97 Å². The van der Waals surface area contributed by atoms with E-state index < -0.39 is 0 Å². The lowest BCUT2D eigenvalue weighted by Crippen LogP contribution is -2.14. The van der Waals surface area contributed by atoms with Crippen molar-refractivity contribution in [2.24, 2.45) is 0 Å². The first-order valence-electron chi connectivity index (χ1n) is 7.88. The van der Waals surface area contributed by atoms with E-state index in [9.17, 15) is 4.79 Å². The number of carbonyl (C=O) groups is 1. The number of hydrogen-bond acceptors (Lipinski definition) is 6. The minimum Gasteiger partial charge on any atom is -0.495 e. The van der Waals surface area contributed by atoms with Gasteiger partial charge in [0.15, 0.2) is 0 Å². The first-order chi connectivity index (χ1) is 11.7. The largest absolute Gasteiger partial charge is 0.495 e. The van der Waals surface area contributed by atoms with E-state index in [4.69, 9.17) is 15.2 Å². The predicted molar refractivity (Wildman–Crippen MR) is 91.9 cm³/mol. The van der Waals surface area contributed by atoms with Gasteiger partial charge >= 0.3 is 5.97 Å². The summed E-state index contributed by atoms with van der Waals surface area (Å²) in [7, 11) is 1.59. The van der Waals surface area contributed by atoms with Crippen molar-refractivity contribution in [1.82, 2.24) is 14.5 Å². The lowest BCUT2D eigenvalue weighted by atomic mass is 10.2. The Morgan fingerprint density at radius 2 is 2.17 bits per heavy atom. The molecule has 0 saturated heterocycles. The molecule has 0 aliphatic carbocycles. The van der Waals surface area contributed by atoms with Crippen LogP contribution in [-0.4, -0.2) is 34.2 Å². The number of carbonyl (C=O) groups excluding carboxylic acids is 1. The molecule has 0 aliphatic rings. The maximum Gasteiger partial charge on any atom is 0.326 e. The number of nitrogen functional groups attached to an aromatic ring is 1. The summed E-state index contributed by atoms with van der Waals surface area (Å²) in [6.07, 6.45) is 3.21. The van der Waals surface area contributed by atoms with Gasteiger partial charge in [-0.2, -0.15) is 0 Å². The highest BCUT2D eigenvalue weighted by molar-refractivity contribution is 6.13. The van der Waals surface area contributed by atoms with Gasteiger partial charge in [0, 0.05) is 5.39 Å². The Morgan fingerprint density at radius 3 is 2.92 bits per heavy atom. The minimum absolute atomic E-state index is 0.0422. The zero-order valence-corrected chi connectivity index (χ0v) is 13.8. The molecule has 2 heterocycles. The van der Waals surface area contributed by atoms with Gasteiger partial charge in [-0.25, -0.2) is 9.97 Å². The summed E-state index contributed by atoms with van der Waals surface area (Å²) in [6, 6.07) is 5.62. The summed E-state index contributed by atoms with van der Waals surface area (Å²) in [5, 5.41) is 1.57. The van der Waals surface area contributed by atoms with Crippen molar-refractivity contribution in [2.45, 2.75) is 26.3 Å². The zero-order chi connectivity index (χ0) is 17.1. The van der Waals surface area contributed by atoms with Crippen molar-refractivity contribution in [3.8, 4) is 5.75 Å². The molecular formula is C17H20N4O3. The number of anilines is 1. The van der Waals surface area contributed by atoms with Gasteiger partial charge < -0.3 is 19.8 Å². The van der Waals surface area contributed by atoms with E-state index in [1.165, 1.54) is 6.33 Å². The zero-order valence-electron chi connectivity index (χ0n) is 13.8. The number of ether oxygens (including phenoxy) is 2. The number of nitrogens with two attached hydrogens (primary N) is 1. The fourth-order valence-corrected chi connectivity index (χ4v) is 2.78. The minimum atomic E-state index is -0.315. The molecule has 3 aromatic rings. The maximum atomic E-state index is 12.2. The van der Waals surface area contributed by atoms with Gasteiger partial charge in [0.05, 0.1) is 24.6 Å². The molecule has 3 rings (SSSR count). The summed E-state index contributed by atoms with van der Waals surface area (Å²) >= 11 is 0. The molecule has 126 valence electrons. The fraction of sp³-hybridized carbons (Fsp3) is 0.353. The van der Waals surface area contributed by atoms with E-state index in [0.717, 1.165) is 23.7 Å². The molecule has 0 spiro atoms. The summed E-state index contributed by atoms with van der Waals surface area (Å²) in [5.74, 6) is 0.702. The Kier molecular flexibility index (Phi) is 4.50. The average molecular weight is 328 g/mol. The normalized spacial score (nSPS) is 11.1. The molecule has 0 aliphatic heterocycles. The van der Waals surface area contributed by atoms with E-state index in [0.29, 0.717) is 29.2 Å². The monoisotopic (exact) mass is 328 g/mol. The summed E-state index contributed by atoms with van der Waals surface area (Å²) in [4.78, 5) is 20.6. The van der Waals surface area contributed by atoms with Crippen LogP contribution in [0, 0.1) is 0 Å². The maximum absolute atomic E-state index is 12.2. The number of rotatable bonds is 6. The third-order valence-electron chi connectivity index (χ3n) is 3.92. The van der Waals surface area contributed by atoms with Crippen molar-refractivity contribution in [2.75, 3.05) is 19.5 Å². The number of aromatic nitrogens is 3. The Bertz CT molecular complexity index is 888. The predicted octanol–water partition coefficient (Wildman–Crippen LogP) is 2.52. The van der Waals surface area contributed by atoms with Crippen LogP contribution in [-0.2, 0) is 16.1 Å². The second kappa shape index (κ2) is 6.74. The molecule has 0 unspecified atom stereocenters. The first kappa shape index (κ1) is 16.0. The molecule has 24 heavy (non-hydrogen) atoms. The SMILES string of the molecule is CCCCOC(=O)Cn1c2ncnc(N)c2c2cccc(OC)c21. The van der Waals surface area contributed by atoms with Crippen LogP contribution in [0.15, 0.2) is 24.5 Å². The number of hydrogen-bond donors (Lipinski definition) is 1. The third-order valence-corrected chi connectivity index (χ3v) is 3.92. The van der Waals surface area contributed by atoms with Crippen molar-refractivity contribution in [3.05, 3.63) is 24.5 Å². The summed E-state index contributed by atoms with van der Waals surface area (Å²) in [5.41, 5.74) is 7.39. The highest BCUT2D eigenvalue weighted by atomic mass is 16.5. The molecular weight excluding hydrogens is 308 g/mol. The average Bonchev–Trinajstić information content (AvgIpc) is 2.90. The van der Waals surface area contributed by atoms with E-state index in [1.54, 1.807) is 11.7 Å². The molecule has 0 bridgehead atoms. The molecule has 0 saturated carbocycles. The molecule has 0 atom stereocenters. The van der Waals surface area contributed by atoms with Crippen molar-refractivity contribution in [1.29, 1.82) is 0 Å². The number of esters is 1. The van der Waals surface area contributed by atoms with Gasteiger partial charge in [-0.15, -0.1) is 0 Å². The first-order valence-corrected chi connectivity index (χ1v) is 7.88. The number of fused-ring (bicyclic) bond motifs is 3. The van der Waals surface area contributed by atoms with Crippen LogP contribution in [0.25, 0.3) is 21.9 Å². The van der Waals surface area contributed by atoms with E-state index in [1.807, 2.05) is 25.1 Å². The van der Waals surface area contributed by atoms with Crippen LogP contribution in [0.5, 0.6) is 5.75 Å². The van der Waals surface area contributed by atoms with Gasteiger partial charge in [-0.1, -0.05) is 25.5 Å². The number of unbranched alkanes of at least 4 members (excludes halogenated alkanes) is 1. The number of nitrogens with zero attached hydrogens (tertiary/aromatic N) is 3. The Hall–Kier alpha value is -2.83. The molecule has 2 aromatic heterocycles. The standard InChI is InChI=1S/C17H20N4O3/c1-3-4-8-24-13(22)9-21-15-11(6-5-7-12(15)23-2)14-16(18)19-10-20-17(14)21/h5-7,10H,3-4,8-9H2,1-2H3,(H2,18,19,20). The highest BCUT2D eigenvalue weighted by Crippen LogP contribution is 2.35. The second-order valence-electron chi connectivity index (χ2n) is 5.47. The fourth-order valence-electron chi connectivity index (χ4n) is 2.78. The Labute approximate surface area is 139 Å². The molecule has 0 amide bonds. The van der Waals surface area contributed by atoms with Crippen LogP contribution >= 0.6 is 0 Å². The van der Waals surface area contributed by atoms with Crippen molar-refractivity contribution in [3.63, 3.8) is 0 Å². The molecule has 0 fully saturated rings. The molecule has 1 aromatic carbocycles. The topological polar surface area (TPSA) is 92.3 Å². The quantitative estimate of drug-likeness (QED) is 0.552. The third kappa shape index (κ3) is 2.73. The highest BCUT2D eigenvalue weighted by Gasteiger charge is 2.20. The number of methoxy groups -OCH3 is 1. The molecule has 7 heteroatoms. The van der Waals surface area contributed by atoms with Gasteiger partial charge in [-0.3, -0.25) is 4.79 Å². The van der Waals surface area contributed by atoms with Crippen LogP contribution in [0.3, 0.4) is 0 Å². The summed E-state index contributed by atoms with van der Waals surface area (Å²) < 4.78 is 12.5. The lowest BCUT2D eigenvalue weighted by molar-refractivity contribution is -0.144. The smallest absolute Gasteiger partial charge is 0.326 e. The van der Waals surface area contributed by atoms with Gasteiger partial charge in [-0.05, 0) is 12.5 Å². The lowest BCUT2D eigenvalue weighted by Gasteiger charge is -2.09. The number of benzene rings is 1. The molecule has 7 nitrogen and oxygen atoms in total. The van der Waals surface area contributed by atoms with Crippen LogP contribution in [0.1, 0.15) is 19.8 Å². The van der Waals surface area contributed by atoms with Crippen LogP contribution in [0.4, 0.5) is 5.82 Å². The van der Waals surface area contributed by atoms with E-state index >= 15 is 0 Å². The van der Waals surface area contributed by atoms with Crippen LogP contribution in [0.2, 0.25) is 0 Å². The Balaban J connectivity index is 2.13. The Morgan fingerprint density at radius 1 is 1.33 bits per heavy atom. The van der Waals surface area contributed by atoms with Gasteiger partial charge in [0.25, 0.3) is 0 Å². The number of para-hydroxylation sites is 1. The van der Waals surface area contributed by atoms with E-state index in [-0.39, 0.29) is 12.5 Å². The molecule has 2 N–H and O–H groups in total. The summed E-state index contributed by atoms with van der Waals surface area (Å²) in [6.45, 7) is 2.51. The second-order valence-corrected chi connectivity index (χ2v) is 5.47. The van der Waals surface area contributed by atoms with Gasteiger partial charge in [0.1, 0.15) is 30.1 Å².